The Labute approximate surface area is 257 Å². The molecule has 0 bridgehead atoms. The van der Waals surface area contributed by atoms with Crippen LogP contribution in [0.5, 0.6) is 11.6 Å². The Bertz CT molecular complexity index is 1940. The van der Waals surface area contributed by atoms with Crippen LogP contribution in [0.1, 0.15) is 74.0 Å². The van der Waals surface area contributed by atoms with Gasteiger partial charge in [-0.2, -0.15) is 13.2 Å². The number of halogens is 3. The molecule has 0 N–H and O–H groups in total. The normalized spacial score (nSPS) is 18.0. The molecule has 7 rings (SSSR count). The van der Waals surface area contributed by atoms with E-state index in [2.05, 4.69) is 19.9 Å². The van der Waals surface area contributed by atoms with Gasteiger partial charge in [0.15, 0.2) is 17.3 Å². The number of alkyl halides is 3. The standard InChI is InChI=1S/C30H30F3N7O4S/c1-16(2)39-14-22(30(31,32)33)37-26(39)19-8-5-17(11-21(19)43-3)13-40-27-20(29(9-10-29)45(40,41)42)12-34-25(38-27)23-24(18-6-7-18)35-15-36-28(23)44-4/h5,8,11-12,14-16,18H,6-7,9-10,13H2,1-4H3. The summed E-state index contributed by atoms with van der Waals surface area (Å²) < 4.78 is 81.4. The third-order valence-corrected chi connectivity index (χ3v) is 11.1. The topological polar surface area (TPSA) is 125 Å². The average Bonchev–Trinajstić information content (AvgIpc) is 3.94. The number of aromatic nitrogens is 6. The lowest BCUT2D eigenvalue weighted by Crippen LogP contribution is -2.31. The predicted molar refractivity (Wildman–Crippen MR) is 157 cm³/mol. The zero-order valence-corrected chi connectivity index (χ0v) is 25.8. The molecule has 45 heavy (non-hydrogen) atoms. The molecule has 3 aromatic heterocycles. The fraction of sp³-hybridized carbons (Fsp3) is 0.433. The monoisotopic (exact) mass is 641 g/mol. The Morgan fingerprint density at radius 1 is 1.07 bits per heavy atom. The molecule has 2 aliphatic carbocycles. The molecular formula is C30H30F3N7O4S. The first kappa shape index (κ1) is 29.4. The van der Waals surface area contributed by atoms with Gasteiger partial charge in [-0.25, -0.2) is 37.6 Å². The Morgan fingerprint density at radius 2 is 1.82 bits per heavy atom. The number of methoxy groups -OCH3 is 2. The van der Waals surface area contributed by atoms with E-state index < -0.39 is 26.6 Å². The highest BCUT2D eigenvalue weighted by atomic mass is 32.2. The minimum Gasteiger partial charge on any atom is -0.496 e. The van der Waals surface area contributed by atoms with E-state index >= 15 is 0 Å². The van der Waals surface area contributed by atoms with E-state index in [0.29, 0.717) is 41.0 Å². The van der Waals surface area contributed by atoms with Crippen molar-refractivity contribution in [3.8, 4) is 34.4 Å². The number of hydrogen-bond acceptors (Lipinski definition) is 9. The van der Waals surface area contributed by atoms with Crippen LogP contribution in [0.2, 0.25) is 0 Å². The van der Waals surface area contributed by atoms with Gasteiger partial charge in [-0.05, 0) is 57.2 Å². The quantitative estimate of drug-likeness (QED) is 0.241. The number of nitrogens with zero attached hydrogens (tertiary/aromatic N) is 7. The summed E-state index contributed by atoms with van der Waals surface area (Å²) in [6, 6.07) is 4.58. The predicted octanol–water partition coefficient (Wildman–Crippen LogP) is 5.63. The summed E-state index contributed by atoms with van der Waals surface area (Å²) >= 11 is 0. The maximum Gasteiger partial charge on any atom is 0.434 e. The van der Waals surface area contributed by atoms with Crippen molar-refractivity contribution >= 4 is 15.8 Å². The fourth-order valence-electron chi connectivity index (χ4n) is 5.99. The summed E-state index contributed by atoms with van der Waals surface area (Å²) in [6.45, 7) is 3.45. The highest BCUT2D eigenvalue weighted by molar-refractivity contribution is 7.94. The number of fused-ring (bicyclic) bond motifs is 2. The Balaban J connectivity index is 1.30. The van der Waals surface area contributed by atoms with Gasteiger partial charge >= 0.3 is 6.18 Å². The molecule has 4 heterocycles. The van der Waals surface area contributed by atoms with Gasteiger partial charge in [-0.3, -0.25) is 0 Å². The molecule has 3 aliphatic rings. The van der Waals surface area contributed by atoms with Crippen LogP contribution in [0, 0.1) is 0 Å². The van der Waals surface area contributed by atoms with Crippen LogP contribution < -0.4 is 13.8 Å². The summed E-state index contributed by atoms with van der Waals surface area (Å²) in [5.74, 6) is 1.45. The summed E-state index contributed by atoms with van der Waals surface area (Å²) in [5.41, 5.74) is 1.75. The molecular weight excluding hydrogens is 611 g/mol. The molecule has 0 amide bonds. The maximum absolute atomic E-state index is 14.0. The molecule has 4 aromatic rings. The van der Waals surface area contributed by atoms with Gasteiger partial charge in [-0.1, -0.05) is 6.07 Å². The first-order valence-electron chi connectivity index (χ1n) is 14.5. The van der Waals surface area contributed by atoms with Gasteiger partial charge in [0.25, 0.3) is 0 Å². The molecule has 15 heteroatoms. The number of sulfonamides is 1. The van der Waals surface area contributed by atoms with Crippen molar-refractivity contribution in [2.45, 2.75) is 69.0 Å². The molecule has 0 radical (unpaired) electrons. The van der Waals surface area contributed by atoms with Crippen molar-refractivity contribution in [2.75, 3.05) is 18.5 Å². The lowest BCUT2D eigenvalue weighted by molar-refractivity contribution is -0.140. The van der Waals surface area contributed by atoms with E-state index in [-0.39, 0.29) is 41.7 Å². The molecule has 11 nitrogen and oxygen atoms in total. The second-order valence-electron chi connectivity index (χ2n) is 11.8. The largest absolute Gasteiger partial charge is 0.496 e. The lowest BCUT2D eigenvalue weighted by Gasteiger charge is -2.20. The molecule has 2 fully saturated rings. The van der Waals surface area contributed by atoms with E-state index in [1.165, 1.54) is 29.4 Å². The smallest absolute Gasteiger partial charge is 0.434 e. The molecule has 1 spiro atoms. The van der Waals surface area contributed by atoms with Crippen LogP contribution in [-0.4, -0.2) is 52.1 Å². The number of ether oxygens (including phenoxy) is 2. The van der Waals surface area contributed by atoms with Gasteiger partial charge in [0.05, 0.1) is 32.0 Å². The SMILES string of the molecule is COc1cc(CN2c3nc(-c4c(OC)ncnc4C4CC4)ncc3C3(CC3)S2(=O)=O)ccc1-c1nc(C(F)(F)F)cn1C(C)C. The second kappa shape index (κ2) is 10.1. The van der Waals surface area contributed by atoms with Crippen molar-refractivity contribution in [2.24, 2.45) is 0 Å². The number of hydrogen-bond donors (Lipinski definition) is 0. The van der Waals surface area contributed by atoms with Crippen molar-refractivity contribution in [1.82, 2.24) is 29.5 Å². The number of imidazole rings is 1. The maximum atomic E-state index is 14.0. The number of benzene rings is 1. The van der Waals surface area contributed by atoms with Crippen molar-refractivity contribution < 1.29 is 31.1 Å². The van der Waals surface area contributed by atoms with Gasteiger partial charge in [0, 0.05) is 29.9 Å². The summed E-state index contributed by atoms with van der Waals surface area (Å²) in [6.07, 6.45) is 2.22. The van der Waals surface area contributed by atoms with E-state index in [1.54, 1.807) is 38.2 Å². The second-order valence-corrected chi connectivity index (χ2v) is 14.0. The van der Waals surface area contributed by atoms with Gasteiger partial charge < -0.3 is 14.0 Å². The summed E-state index contributed by atoms with van der Waals surface area (Å²) in [7, 11) is -0.961. The van der Waals surface area contributed by atoms with E-state index in [0.717, 1.165) is 24.7 Å². The van der Waals surface area contributed by atoms with Crippen LogP contribution in [0.3, 0.4) is 0 Å². The number of anilines is 1. The molecule has 0 unspecified atom stereocenters. The average molecular weight is 642 g/mol. The van der Waals surface area contributed by atoms with Crippen LogP contribution in [0.4, 0.5) is 19.0 Å². The van der Waals surface area contributed by atoms with E-state index in [1.807, 2.05) is 0 Å². The van der Waals surface area contributed by atoms with Crippen LogP contribution >= 0.6 is 0 Å². The van der Waals surface area contributed by atoms with Crippen molar-refractivity contribution in [1.29, 1.82) is 0 Å². The van der Waals surface area contributed by atoms with Crippen molar-refractivity contribution in [3.05, 3.63) is 59.4 Å². The minimum atomic E-state index is -4.62. The Morgan fingerprint density at radius 3 is 2.44 bits per heavy atom. The first-order valence-corrected chi connectivity index (χ1v) is 16.0. The lowest BCUT2D eigenvalue weighted by atomic mass is 10.1. The van der Waals surface area contributed by atoms with E-state index in [9.17, 15) is 21.6 Å². The minimum absolute atomic E-state index is 0.0749. The molecule has 0 atom stereocenters. The van der Waals surface area contributed by atoms with E-state index in [4.69, 9.17) is 14.5 Å². The number of rotatable bonds is 8. The molecule has 0 saturated heterocycles. The molecule has 1 aliphatic heterocycles. The highest BCUT2D eigenvalue weighted by Crippen LogP contribution is 2.61. The zero-order chi connectivity index (χ0) is 31.9. The zero-order valence-electron chi connectivity index (χ0n) is 25.0. The Hall–Kier alpha value is -4.27. The molecule has 236 valence electrons. The summed E-state index contributed by atoms with van der Waals surface area (Å²) in [5, 5.41) is 0. The fourth-order valence-corrected chi connectivity index (χ4v) is 8.14. The van der Waals surface area contributed by atoms with Crippen molar-refractivity contribution in [3.63, 3.8) is 0 Å². The third kappa shape index (κ3) is 4.61. The van der Waals surface area contributed by atoms with Crippen LogP contribution in [0.25, 0.3) is 22.8 Å². The Kier molecular flexibility index (Phi) is 6.62. The molecule has 1 aromatic carbocycles. The third-order valence-electron chi connectivity index (χ3n) is 8.62. The van der Waals surface area contributed by atoms with Gasteiger partial charge in [-0.15, -0.1) is 0 Å². The summed E-state index contributed by atoms with van der Waals surface area (Å²) in [4.78, 5) is 22.0. The van der Waals surface area contributed by atoms with Crippen LogP contribution in [-0.2, 0) is 27.5 Å². The van der Waals surface area contributed by atoms with Crippen LogP contribution in [0.15, 0.2) is 36.9 Å². The van der Waals surface area contributed by atoms with Gasteiger partial charge in [0.1, 0.15) is 28.2 Å². The first-order chi connectivity index (χ1) is 21.4. The van der Waals surface area contributed by atoms with Gasteiger partial charge in [0.2, 0.25) is 15.9 Å². The molecule has 2 saturated carbocycles. The highest BCUT2D eigenvalue weighted by Gasteiger charge is 2.65.